The zero-order valence-electron chi connectivity index (χ0n) is 12.9. The van der Waals surface area contributed by atoms with Gasteiger partial charge in [0.05, 0.1) is 11.7 Å². The van der Waals surface area contributed by atoms with Crippen LogP contribution in [-0.4, -0.2) is 18.7 Å². The van der Waals surface area contributed by atoms with Gasteiger partial charge in [-0.15, -0.1) is 0 Å². The highest BCUT2D eigenvalue weighted by molar-refractivity contribution is 5.26. The number of hydrogen-bond acceptors (Lipinski definition) is 2. The lowest BCUT2D eigenvalue weighted by molar-refractivity contribution is -0.132. The summed E-state index contributed by atoms with van der Waals surface area (Å²) in [4.78, 5) is 0. The first-order valence-corrected chi connectivity index (χ1v) is 7.41. The number of nitrogens with one attached hydrogen (secondary N) is 1. The van der Waals surface area contributed by atoms with E-state index in [2.05, 4.69) is 64.2 Å². The predicted octanol–water partition coefficient (Wildman–Crippen LogP) is 3.89. The molecule has 1 aliphatic rings. The third kappa shape index (κ3) is 3.18. The second-order valence-electron chi connectivity index (χ2n) is 6.53. The molecule has 0 saturated carbocycles. The van der Waals surface area contributed by atoms with Crippen LogP contribution in [0, 0.1) is 5.92 Å². The van der Waals surface area contributed by atoms with Crippen LogP contribution in [-0.2, 0) is 4.74 Å². The van der Waals surface area contributed by atoms with E-state index >= 15 is 0 Å². The molecule has 2 heteroatoms. The first-order valence-electron chi connectivity index (χ1n) is 7.41. The van der Waals surface area contributed by atoms with Crippen LogP contribution in [0.5, 0.6) is 0 Å². The van der Waals surface area contributed by atoms with Crippen molar-refractivity contribution in [2.24, 2.45) is 5.92 Å². The van der Waals surface area contributed by atoms with E-state index in [0.717, 1.165) is 13.1 Å². The molecule has 2 rings (SSSR count). The van der Waals surface area contributed by atoms with Gasteiger partial charge in [-0.05, 0) is 29.9 Å². The molecule has 1 aliphatic heterocycles. The van der Waals surface area contributed by atoms with Gasteiger partial charge in [0.25, 0.3) is 0 Å². The molecule has 0 bridgehead atoms. The summed E-state index contributed by atoms with van der Waals surface area (Å²) in [5, 5.41) is 3.52. The number of morpholine rings is 1. The topological polar surface area (TPSA) is 21.3 Å². The van der Waals surface area contributed by atoms with E-state index < -0.39 is 0 Å². The van der Waals surface area contributed by atoms with Gasteiger partial charge in [-0.1, -0.05) is 52.0 Å². The molecule has 106 valence electrons. The molecular formula is C17H27NO. The zero-order valence-corrected chi connectivity index (χ0v) is 12.9. The van der Waals surface area contributed by atoms with Crippen LogP contribution in [0.25, 0.3) is 0 Å². The lowest BCUT2D eigenvalue weighted by atomic mass is 9.89. The Hall–Kier alpha value is -0.860. The first-order chi connectivity index (χ1) is 8.92. The van der Waals surface area contributed by atoms with Crippen molar-refractivity contribution in [1.82, 2.24) is 5.32 Å². The summed E-state index contributed by atoms with van der Waals surface area (Å²) in [7, 11) is 0. The summed E-state index contributed by atoms with van der Waals surface area (Å²) < 4.78 is 6.36. The van der Waals surface area contributed by atoms with Crippen molar-refractivity contribution in [3.8, 4) is 0 Å². The minimum atomic E-state index is -0.0698. The van der Waals surface area contributed by atoms with Crippen molar-refractivity contribution in [1.29, 1.82) is 0 Å². The zero-order chi connectivity index (χ0) is 14.0. The monoisotopic (exact) mass is 261 g/mol. The average Bonchev–Trinajstić information content (AvgIpc) is 2.39. The van der Waals surface area contributed by atoms with Gasteiger partial charge in [0.1, 0.15) is 0 Å². The Bertz CT molecular complexity index is 410. The Kier molecular flexibility index (Phi) is 4.32. The molecule has 0 aromatic heterocycles. The Morgan fingerprint density at radius 2 is 1.79 bits per heavy atom. The van der Waals surface area contributed by atoms with E-state index in [1.54, 1.807) is 0 Å². The average molecular weight is 261 g/mol. The standard InChI is InChI=1S/C17H27NO/c1-12(2)14-6-8-15(9-7-14)16-10-18-11-17(5,19-16)13(3)4/h6-9,12-13,16,18H,10-11H2,1-5H3. The molecule has 0 radical (unpaired) electrons. The third-order valence-corrected chi connectivity index (χ3v) is 4.41. The summed E-state index contributed by atoms with van der Waals surface area (Å²) in [5.41, 5.74) is 2.60. The molecule has 0 aliphatic carbocycles. The Morgan fingerprint density at radius 3 is 2.32 bits per heavy atom. The normalized spacial score (nSPS) is 28.1. The van der Waals surface area contributed by atoms with E-state index in [1.165, 1.54) is 11.1 Å². The molecule has 2 atom stereocenters. The van der Waals surface area contributed by atoms with Gasteiger partial charge >= 0.3 is 0 Å². The van der Waals surface area contributed by atoms with Gasteiger partial charge in [0, 0.05) is 13.1 Å². The van der Waals surface area contributed by atoms with Crippen LogP contribution in [0.2, 0.25) is 0 Å². The fraction of sp³-hybridized carbons (Fsp3) is 0.647. The minimum Gasteiger partial charge on any atom is -0.364 e. The van der Waals surface area contributed by atoms with Crippen LogP contribution in [0.3, 0.4) is 0 Å². The predicted molar refractivity (Wildman–Crippen MR) is 80.5 cm³/mol. The highest BCUT2D eigenvalue weighted by atomic mass is 16.5. The lowest BCUT2D eigenvalue weighted by Crippen LogP contribution is -2.52. The number of ether oxygens (including phenoxy) is 1. The first kappa shape index (κ1) is 14.5. The van der Waals surface area contributed by atoms with Gasteiger partial charge in [0.15, 0.2) is 0 Å². The largest absolute Gasteiger partial charge is 0.364 e. The van der Waals surface area contributed by atoms with Crippen LogP contribution in [0.1, 0.15) is 57.8 Å². The van der Waals surface area contributed by atoms with Gasteiger partial charge in [-0.25, -0.2) is 0 Å². The molecule has 2 unspecified atom stereocenters. The Balaban J connectivity index is 2.13. The number of rotatable bonds is 3. The van der Waals surface area contributed by atoms with Gasteiger partial charge in [0.2, 0.25) is 0 Å². The van der Waals surface area contributed by atoms with Gasteiger partial charge < -0.3 is 10.1 Å². The molecule has 1 aromatic carbocycles. The highest BCUT2D eigenvalue weighted by Gasteiger charge is 2.36. The van der Waals surface area contributed by atoms with Gasteiger partial charge in [-0.3, -0.25) is 0 Å². The molecule has 1 heterocycles. The lowest BCUT2D eigenvalue weighted by Gasteiger charge is -2.42. The van der Waals surface area contributed by atoms with Crippen LogP contribution in [0.4, 0.5) is 0 Å². The van der Waals surface area contributed by atoms with Crippen molar-refractivity contribution < 1.29 is 4.74 Å². The molecule has 1 N–H and O–H groups in total. The summed E-state index contributed by atoms with van der Waals surface area (Å²) in [6, 6.07) is 8.89. The maximum Gasteiger partial charge on any atom is 0.0957 e. The fourth-order valence-corrected chi connectivity index (χ4v) is 2.48. The van der Waals surface area contributed by atoms with Crippen LogP contribution in [0.15, 0.2) is 24.3 Å². The van der Waals surface area contributed by atoms with Crippen molar-refractivity contribution in [3.05, 3.63) is 35.4 Å². The molecule has 2 nitrogen and oxygen atoms in total. The molecule has 1 aromatic rings. The summed E-state index contributed by atoms with van der Waals surface area (Å²) in [6.07, 6.45) is 0.169. The maximum atomic E-state index is 6.36. The van der Waals surface area contributed by atoms with Crippen molar-refractivity contribution >= 4 is 0 Å². The molecule has 0 spiro atoms. The Morgan fingerprint density at radius 1 is 1.16 bits per heavy atom. The molecule has 1 saturated heterocycles. The highest BCUT2D eigenvalue weighted by Crippen LogP contribution is 2.32. The van der Waals surface area contributed by atoms with Gasteiger partial charge in [-0.2, -0.15) is 0 Å². The van der Waals surface area contributed by atoms with E-state index in [4.69, 9.17) is 4.74 Å². The van der Waals surface area contributed by atoms with Crippen molar-refractivity contribution in [3.63, 3.8) is 0 Å². The van der Waals surface area contributed by atoms with E-state index in [0.29, 0.717) is 11.8 Å². The van der Waals surface area contributed by atoms with Crippen LogP contribution < -0.4 is 5.32 Å². The SMILES string of the molecule is CC(C)c1ccc(C2CNCC(C)(C(C)C)O2)cc1. The Labute approximate surface area is 117 Å². The number of hydrogen-bond donors (Lipinski definition) is 1. The second kappa shape index (κ2) is 5.64. The van der Waals surface area contributed by atoms with Crippen LogP contribution >= 0.6 is 0 Å². The molecular weight excluding hydrogens is 234 g/mol. The summed E-state index contributed by atoms with van der Waals surface area (Å²) in [5.74, 6) is 1.10. The third-order valence-electron chi connectivity index (χ3n) is 4.41. The summed E-state index contributed by atoms with van der Waals surface area (Å²) >= 11 is 0. The second-order valence-corrected chi connectivity index (χ2v) is 6.53. The maximum absolute atomic E-state index is 6.36. The molecule has 19 heavy (non-hydrogen) atoms. The smallest absolute Gasteiger partial charge is 0.0957 e. The molecule has 0 amide bonds. The fourth-order valence-electron chi connectivity index (χ4n) is 2.48. The van der Waals surface area contributed by atoms with Crippen molar-refractivity contribution in [2.75, 3.05) is 13.1 Å². The summed E-state index contributed by atoms with van der Waals surface area (Å²) in [6.45, 7) is 13.0. The minimum absolute atomic E-state index is 0.0698. The van der Waals surface area contributed by atoms with E-state index in [9.17, 15) is 0 Å². The van der Waals surface area contributed by atoms with E-state index in [1.807, 2.05) is 0 Å². The van der Waals surface area contributed by atoms with E-state index in [-0.39, 0.29) is 11.7 Å². The van der Waals surface area contributed by atoms with Crippen molar-refractivity contribution in [2.45, 2.75) is 52.2 Å². The quantitative estimate of drug-likeness (QED) is 0.891. The molecule has 1 fully saturated rings. The number of benzene rings is 1.